The highest BCUT2D eigenvalue weighted by molar-refractivity contribution is 7.59. The van der Waals surface area contributed by atoms with Gasteiger partial charge in [0.25, 0.3) is 0 Å². The Balaban J connectivity index is 0.00000486. The lowest BCUT2D eigenvalue weighted by Crippen LogP contribution is -2.65. The molecule has 278 valence electrons. The molecule has 3 saturated heterocycles. The fraction of sp³-hybridized carbons (Fsp3) is 0.757. The second-order valence-electron chi connectivity index (χ2n) is 17.6. The van der Waals surface area contributed by atoms with Crippen molar-refractivity contribution in [2.24, 2.45) is 17.3 Å². The predicted octanol–water partition coefficient (Wildman–Crippen LogP) is 6.02. The molecule has 0 N–H and O–H groups in total. The maximum atomic E-state index is 13.9. The number of benzene rings is 1. The van der Waals surface area contributed by atoms with Gasteiger partial charge in [-0.05, 0) is 129 Å². The van der Waals surface area contributed by atoms with Gasteiger partial charge < -0.3 is 33.2 Å². The summed E-state index contributed by atoms with van der Waals surface area (Å²) < 4.78 is 36.7. The first-order valence-corrected chi connectivity index (χ1v) is 18.0. The van der Waals surface area contributed by atoms with E-state index >= 15 is 0 Å². The number of likely N-dealkylation sites (N-methyl/N-ethyl adjacent to an activating group) is 1. The molecule has 0 unspecified atom stereocenters. The quantitative estimate of drug-likeness (QED) is 0.180. The molecule has 13 heteroatoms. The number of ether oxygens (including phenoxy) is 4. The van der Waals surface area contributed by atoms with Crippen LogP contribution in [0.2, 0.25) is 6.32 Å². The number of carbonyl (C=O) groups is 3. The lowest BCUT2D eigenvalue weighted by Gasteiger charge is -2.64. The Morgan fingerprint density at radius 3 is 2.28 bits per heavy atom. The highest BCUT2D eigenvalue weighted by atomic mass is 32.1. The smallest absolute Gasteiger partial charge is 0.486 e. The van der Waals surface area contributed by atoms with Crippen LogP contribution in [0.3, 0.4) is 0 Å². The van der Waals surface area contributed by atoms with Crippen LogP contribution in [0.1, 0.15) is 104 Å². The van der Waals surface area contributed by atoms with E-state index in [1.807, 2.05) is 13.1 Å². The lowest BCUT2D eigenvalue weighted by atomic mass is 9.43. The topological polar surface area (TPSA) is 113 Å². The highest BCUT2D eigenvalue weighted by Crippen LogP contribution is 2.65. The van der Waals surface area contributed by atoms with E-state index in [9.17, 15) is 14.4 Å². The molecule has 6 fully saturated rings. The SMILES string of the molecule is CN1CCC[C@H]1C(=O)N1CC(Oc2ccc(CCB3O[C@@H]4C[C@@H]5C[C@@H](C5(C)C)[C@]4(C)O3)c(OC(=O)OC(C)(C)C)c2C(=O)OC(C)(C)C)C1.S. The predicted molar refractivity (Wildman–Crippen MR) is 194 cm³/mol. The molecule has 0 radical (unpaired) electrons. The van der Waals surface area contributed by atoms with Crippen molar-refractivity contribution in [2.75, 3.05) is 26.7 Å². The molecule has 3 aliphatic heterocycles. The molecular weight excluding hydrogens is 659 g/mol. The Bertz CT molecular complexity index is 1470. The number of hydrogen-bond donors (Lipinski definition) is 0. The summed E-state index contributed by atoms with van der Waals surface area (Å²) in [7, 11) is 1.55. The van der Waals surface area contributed by atoms with Crippen LogP contribution in [0.15, 0.2) is 12.1 Å². The van der Waals surface area contributed by atoms with Crippen LogP contribution in [-0.2, 0) is 30.0 Å². The van der Waals surface area contributed by atoms with Crippen molar-refractivity contribution in [2.45, 2.75) is 136 Å². The van der Waals surface area contributed by atoms with E-state index in [0.29, 0.717) is 43.2 Å². The van der Waals surface area contributed by atoms with Crippen molar-refractivity contribution in [1.29, 1.82) is 0 Å². The van der Waals surface area contributed by atoms with E-state index in [1.54, 1.807) is 52.5 Å². The second kappa shape index (κ2) is 13.8. The van der Waals surface area contributed by atoms with Gasteiger partial charge in [0.1, 0.15) is 28.6 Å². The molecule has 0 spiro atoms. The Morgan fingerprint density at radius 1 is 1.00 bits per heavy atom. The van der Waals surface area contributed by atoms with Gasteiger partial charge in [-0.15, -0.1) is 0 Å². The number of amides is 1. The fourth-order valence-corrected chi connectivity index (χ4v) is 8.55. The molecule has 1 aromatic carbocycles. The minimum atomic E-state index is -0.939. The van der Waals surface area contributed by atoms with Gasteiger partial charge in [-0.3, -0.25) is 9.69 Å². The van der Waals surface area contributed by atoms with E-state index in [4.69, 9.17) is 28.3 Å². The minimum Gasteiger partial charge on any atom is -0.486 e. The third-order valence-corrected chi connectivity index (χ3v) is 11.3. The van der Waals surface area contributed by atoms with Crippen LogP contribution in [0.5, 0.6) is 11.5 Å². The highest BCUT2D eigenvalue weighted by Gasteiger charge is 2.67. The van der Waals surface area contributed by atoms with Gasteiger partial charge in [-0.2, -0.15) is 13.5 Å². The number of aryl methyl sites for hydroxylation is 1. The monoisotopic (exact) mass is 716 g/mol. The summed E-state index contributed by atoms with van der Waals surface area (Å²) in [4.78, 5) is 44.0. The van der Waals surface area contributed by atoms with Crippen molar-refractivity contribution in [3.8, 4) is 11.5 Å². The molecule has 0 aromatic heterocycles. The zero-order chi connectivity index (χ0) is 35.7. The van der Waals surface area contributed by atoms with E-state index in [2.05, 4.69) is 25.7 Å². The van der Waals surface area contributed by atoms with Crippen molar-refractivity contribution in [3.05, 3.63) is 23.3 Å². The molecule has 50 heavy (non-hydrogen) atoms. The molecule has 3 saturated carbocycles. The van der Waals surface area contributed by atoms with Gasteiger partial charge in [0, 0.05) is 0 Å². The van der Waals surface area contributed by atoms with Gasteiger partial charge in [-0.25, -0.2) is 9.59 Å². The van der Waals surface area contributed by atoms with Crippen LogP contribution < -0.4 is 9.47 Å². The molecule has 11 nitrogen and oxygen atoms in total. The summed E-state index contributed by atoms with van der Waals surface area (Å²) in [5.74, 6) is 0.748. The molecule has 7 rings (SSSR count). The third kappa shape index (κ3) is 7.66. The second-order valence-corrected chi connectivity index (χ2v) is 17.6. The van der Waals surface area contributed by atoms with Crippen molar-refractivity contribution in [3.63, 3.8) is 0 Å². The summed E-state index contributed by atoms with van der Waals surface area (Å²) in [5.41, 5.74) is -1.15. The van der Waals surface area contributed by atoms with Gasteiger partial charge in [0.15, 0.2) is 5.75 Å². The normalized spacial score (nSPS) is 28.9. The Hall–Kier alpha value is -2.48. The molecule has 5 atom stereocenters. The number of likely N-dealkylation sites (tertiary alicyclic amines) is 2. The van der Waals surface area contributed by atoms with E-state index in [-0.39, 0.29) is 65.7 Å². The number of carbonyl (C=O) groups excluding carboxylic acids is 3. The zero-order valence-corrected chi connectivity index (χ0v) is 32.6. The van der Waals surface area contributed by atoms with Gasteiger partial charge in [0.2, 0.25) is 5.91 Å². The van der Waals surface area contributed by atoms with E-state index in [0.717, 1.165) is 32.2 Å². The first-order chi connectivity index (χ1) is 22.7. The molecule has 3 aliphatic carbocycles. The van der Waals surface area contributed by atoms with Gasteiger partial charge in [-0.1, -0.05) is 19.9 Å². The van der Waals surface area contributed by atoms with Crippen molar-refractivity contribution in [1.82, 2.24) is 9.80 Å². The number of esters is 1. The first-order valence-electron chi connectivity index (χ1n) is 18.0. The van der Waals surface area contributed by atoms with Crippen LogP contribution in [0.4, 0.5) is 4.79 Å². The van der Waals surface area contributed by atoms with Crippen LogP contribution in [-0.4, -0.2) is 96.7 Å². The average molecular weight is 717 g/mol. The maximum absolute atomic E-state index is 13.9. The summed E-state index contributed by atoms with van der Waals surface area (Å²) in [6.07, 6.45) is 3.67. The standard InChI is InChI=1S/C37H55BN2O9.H2S/c1-34(2,3)46-32(42)29-26(44-24-20-40(21-24)31(41)25-12-11-17-39(25)10)14-13-22(30(29)45-33(43)47-35(4,5)6)15-16-38-48-28-19-23-18-27(36(23,7)8)37(28,9)49-38;/h13-14,23-25,27-28H,11-12,15-21H2,1-10H3;1H2/t23-,25-,27-,28+,37-;/m0./s1. The van der Waals surface area contributed by atoms with E-state index in [1.165, 1.54) is 0 Å². The van der Waals surface area contributed by atoms with Crippen molar-refractivity contribution < 1.29 is 42.6 Å². The zero-order valence-electron chi connectivity index (χ0n) is 31.6. The third-order valence-electron chi connectivity index (χ3n) is 11.3. The summed E-state index contributed by atoms with van der Waals surface area (Å²) >= 11 is 0. The largest absolute Gasteiger partial charge is 0.514 e. The van der Waals surface area contributed by atoms with Gasteiger partial charge in [0.05, 0.1) is 30.8 Å². The number of nitrogens with zero attached hydrogens (tertiary/aromatic N) is 2. The lowest BCUT2D eigenvalue weighted by molar-refractivity contribution is -0.199. The summed E-state index contributed by atoms with van der Waals surface area (Å²) in [6, 6.07) is 3.42. The summed E-state index contributed by atoms with van der Waals surface area (Å²) in [5, 5.41) is 0. The first kappa shape index (κ1) is 38.7. The van der Waals surface area contributed by atoms with E-state index < -0.39 is 30.4 Å². The molecule has 2 bridgehead atoms. The molecule has 1 aromatic rings. The van der Waals surface area contributed by atoms with Crippen LogP contribution in [0, 0.1) is 17.3 Å². The molecular formula is C37H57BN2O9S. The Labute approximate surface area is 304 Å². The minimum absolute atomic E-state index is 0. The molecule has 6 aliphatic rings. The summed E-state index contributed by atoms with van der Waals surface area (Å²) in [6.45, 7) is 19.1. The number of hydrogen-bond acceptors (Lipinski definition) is 10. The number of rotatable bonds is 8. The fourth-order valence-electron chi connectivity index (χ4n) is 8.55. The maximum Gasteiger partial charge on any atom is 0.514 e. The van der Waals surface area contributed by atoms with Gasteiger partial charge >= 0.3 is 19.2 Å². The molecule has 3 heterocycles. The molecule has 1 amide bonds. The average Bonchev–Trinajstić information content (AvgIpc) is 3.53. The Morgan fingerprint density at radius 2 is 1.68 bits per heavy atom. The Kier molecular flexibility index (Phi) is 10.7. The van der Waals surface area contributed by atoms with Crippen molar-refractivity contribution >= 4 is 38.6 Å². The van der Waals surface area contributed by atoms with Crippen LogP contribution in [0.25, 0.3) is 0 Å². The van der Waals surface area contributed by atoms with Crippen LogP contribution >= 0.6 is 13.5 Å².